The predicted molar refractivity (Wildman–Crippen MR) is 117 cm³/mol. The van der Waals surface area contributed by atoms with Crippen molar-refractivity contribution in [1.29, 1.82) is 0 Å². The molecule has 0 spiro atoms. The molecule has 0 aliphatic heterocycles. The van der Waals surface area contributed by atoms with Crippen LogP contribution >= 0.6 is 0 Å². The first kappa shape index (κ1) is 21.3. The molecule has 2 aliphatic rings. The fraction of sp³-hybridized carbons (Fsp3) is 0.654. The Bertz CT molecular complexity index is 712. The highest BCUT2D eigenvalue weighted by Gasteiger charge is 2.63. The van der Waals surface area contributed by atoms with E-state index in [2.05, 4.69) is 65.0 Å². The van der Waals surface area contributed by atoms with Gasteiger partial charge in [0.2, 0.25) is 0 Å². The van der Waals surface area contributed by atoms with Crippen LogP contribution in [-0.4, -0.2) is 12.4 Å². The van der Waals surface area contributed by atoms with Gasteiger partial charge in [-0.2, -0.15) is 0 Å². The highest BCUT2D eigenvalue weighted by molar-refractivity contribution is 6.07. The molecular formula is C26H38O2. The standard InChI is InChI=1S/C26H38O2/c1-6-8-9-19(7-2)17-28-18-21-12-10-20(11-13-21)16-22-23-14-15-26(5,24(22)27)25(23,3)4/h10-13,16,19,23H,6-9,14-15,17-18H2,1-5H3/b22-16-. The molecule has 1 aromatic carbocycles. The average Bonchev–Trinajstić information content (AvgIpc) is 2.99. The van der Waals surface area contributed by atoms with Gasteiger partial charge in [-0.15, -0.1) is 0 Å². The predicted octanol–water partition coefficient (Wildman–Crippen LogP) is 6.83. The molecule has 2 nitrogen and oxygen atoms in total. The van der Waals surface area contributed by atoms with Crippen molar-refractivity contribution in [3.8, 4) is 0 Å². The lowest BCUT2D eigenvalue weighted by Gasteiger charge is -2.31. The van der Waals surface area contributed by atoms with Gasteiger partial charge in [0.05, 0.1) is 6.61 Å². The van der Waals surface area contributed by atoms with Crippen LogP contribution in [0.15, 0.2) is 29.8 Å². The first-order valence-corrected chi connectivity index (χ1v) is 11.3. The fourth-order valence-electron chi connectivity index (χ4n) is 5.23. The minimum absolute atomic E-state index is 0.0806. The summed E-state index contributed by atoms with van der Waals surface area (Å²) in [6.07, 6.45) is 9.33. The molecule has 3 atom stereocenters. The number of carbonyl (C=O) groups is 1. The quantitative estimate of drug-likeness (QED) is 0.438. The Morgan fingerprint density at radius 1 is 1.18 bits per heavy atom. The molecule has 0 heterocycles. The zero-order chi connectivity index (χ0) is 20.4. The topological polar surface area (TPSA) is 26.3 Å². The zero-order valence-electron chi connectivity index (χ0n) is 18.5. The normalized spacial score (nSPS) is 28.2. The monoisotopic (exact) mass is 382 g/mol. The van der Waals surface area contributed by atoms with Crippen LogP contribution < -0.4 is 0 Å². The molecule has 1 aromatic rings. The maximum absolute atomic E-state index is 13.0. The number of rotatable bonds is 9. The lowest BCUT2D eigenvalue weighted by Crippen LogP contribution is -2.32. The van der Waals surface area contributed by atoms with E-state index in [0.717, 1.165) is 30.6 Å². The molecule has 28 heavy (non-hydrogen) atoms. The number of unbranched alkanes of at least 4 members (excludes halogenated alkanes) is 1. The number of ketones is 1. The summed E-state index contributed by atoms with van der Waals surface area (Å²) in [6, 6.07) is 8.55. The zero-order valence-corrected chi connectivity index (χ0v) is 18.5. The Morgan fingerprint density at radius 3 is 2.46 bits per heavy atom. The van der Waals surface area contributed by atoms with Crippen molar-refractivity contribution in [3.05, 3.63) is 41.0 Å². The van der Waals surface area contributed by atoms with Crippen LogP contribution in [0.3, 0.4) is 0 Å². The lowest BCUT2D eigenvalue weighted by atomic mass is 9.70. The maximum Gasteiger partial charge on any atom is 0.165 e. The average molecular weight is 383 g/mol. The van der Waals surface area contributed by atoms with Crippen LogP contribution in [0.25, 0.3) is 6.08 Å². The van der Waals surface area contributed by atoms with E-state index < -0.39 is 0 Å². The first-order chi connectivity index (χ1) is 13.3. The van der Waals surface area contributed by atoms with Crippen LogP contribution in [0.1, 0.15) is 84.3 Å². The second-order valence-corrected chi connectivity index (χ2v) is 9.75. The maximum atomic E-state index is 13.0. The van der Waals surface area contributed by atoms with Crippen LogP contribution in [0.5, 0.6) is 0 Å². The van der Waals surface area contributed by atoms with Crippen molar-refractivity contribution in [3.63, 3.8) is 0 Å². The van der Waals surface area contributed by atoms with Gasteiger partial charge in [0.15, 0.2) is 5.78 Å². The third kappa shape index (κ3) is 3.85. The molecule has 0 aromatic heterocycles. The summed E-state index contributed by atoms with van der Waals surface area (Å²) < 4.78 is 5.97. The first-order valence-electron chi connectivity index (χ1n) is 11.3. The largest absolute Gasteiger partial charge is 0.376 e. The summed E-state index contributed by atoms with van der Waals surface area (Å²) in [5.74, 6) is 1.46. The van der Waals surface area contributed by atoms with Crippen molar-refractivity contribution >= 4 is 11.9 Å². The van der Waals surface area contributed by atoms with Crippen molar-refractivity contribution in [2.24, 2.45) is 22.7 Å². The molecule has 154 valence electrons. The Balaban J connectivity index is 1.60. The van der Waals surface area contributed by atoms with Gasteiger partial charge >= 0.3 is 0 Å². The molecule has 3 unspecified atom stereocenters. The number of fused-ring (bicyclic) bond motifs is 2. The Morgan fingerprint density at radius 2 is 1.89 bits per heavy atom. The van der Waals surface area contributed by atoms with E-state index in [9.17, 15) is 4.79 Å². The summed E-state index contributed by atoms with van der Waals surface area (Å²) in [5.41, 5.74) is 3.29. The van der Waals surface area contributed by atoms with Gasteiger partial charge in [0.1, 0.15) is 0 Å². The lowest BCUT2D eigenvalue weighted by molar-refractivity contribution is -0.125. The van der Waals surface area contributed by atoms with E-state index in [1.807, 2.05) is 0 Å². The molecule has 0 radical (unpaired) electrons. The number of hydrogen-bond donors (Lipinski definition) is 0. The van der Waals surface area contributed by atoms with Crippen LogP contribution in [0, 0.1) is 22.7 Å². The van der Waals surface area contributed by atoms with Crippen molar-refractivity contribution in [2.75, 3.05) is 6.61 Å². The molecule has 2 heteroatoms. The van der Waals surface area contributed by atoms with E-state index in [0.29, 0.717) is 24.2 Å². The van der Waals surface area contributed by atoms with E-state index in [1.165, 1.54) is 31.2 Å². The van der Waals surface area contributed by atoms with Crippen LogP contribution in [0.4, 0.5) is 0 Å². The summed E-state index contributed by atoms with van der Waals surface area (Å²) in [7, 11) is 0. The van der Waals surface area contributed by atoms with Crippen molar-refractivity contribution < 1.29 is 9.53 Å². The summed E-state index contributed by atoms with van der Waals surface area (Å²) in [5, 5.41) is 0. The van der Waals surface area contributed by atoms with Gasteiger partial charge in [-0.3, -0.25) is 4.79 Å². The molecule has 0 N–H and O–H groups in total. The van der Waals surface area contributed by atoms with Gasteiger partial charge in [0, 0.05) is 12.0 Å². The molecule has 3 rings (SSSR count). The molecule has 0 saturated heterocycles. The second-order valence-electron chi connectivity index (χ2n) is 9.75. The van der Waals surface area contributed by atoms with Crippen LogP contribution in [0.2, 0.25) is 0 Å². The number of Topliss-reactive ketones (excluding diaryl/α,β-unsaturated/α-hetero) is 1. The molecular weight excluding hydrogens is 344 g/mol. The number of benzene rings is 1. The van der Waals surface area contributed by atoms with Crippen LogP contribution in [-0.2, 0) is 16.1 Å². The van der Waals surface area contributed by atoms with E-state index in [1.54, 1.807) is 0 Å². The molecule has 2 saturated carbocycles. The Kier molecular flexibility index (Phi) is 6.49. The second kappa shape index (κ2) is 8.53. The van der Waals surface area contributed by atoms with Gasteiger partial charge < -0.3 is 4.74 Å². The van der Waals surface area contributed by atoms with Gasteiger partial charge in [-0.1, -0.05) is 78.1 Å². The van der Waals surface area contributed by atoms with Gasteiger partial charge in [-0.05, 0) is 59.3 Å². The minimum Gasteiger partial charge on any atom is -0.376 e. The smallest absolute Gasteiger partial charge is 0.165 e. The molecule has 2 fully saturated rings. The third-order valence-electron chi connectivity index (χ3n) is 7.83. The SMILES string of the molecule is CCCCC(CC)COCc1ccc(/C=C2\C(=O)C3(C)CCC2C3(C)C)cc1. The van der Waals surface area contributed by atoms with Crippen molar-refractivity contribution in [1.82, 2.24) is 0 Å². The fourth-order valence-corrected chi connectivity index (χ4v) is 5.23. The van der Waals surface area contributed by atoms with Gasteiger partial charge in [-0.25, -0.2) is 0 Å². The van der Waals surface area contributed by atoms with Crippen molar-refractivity contribution in [2.45, 2.75) is 79.8 Å². The molecule has 2 aliphatic carbocycles. The summed E-state index contributed by atoms with van der Waals surface area (Å²) in [6.45, 7) is 12.7. The number of hydrogen-bond acceptors (Lipinski definition) is 2. The minimum atomic E-state index is -0.176. The number of allylic oxidation sites excluding steroid dienone is 1. The molecule has 0 amide bonds. The highest BCUT2D eigenvalue weighted by atomic mass is 16.5. The summed E-state index contributed by atoms with van der Waals surface area (Å²) in [4.78, 5) is 13.0. The van der Waals surface area contributed by atoms with E-state index in [-0.39, 0.29) is 10.8 Å². The Labute approximate surface area is 171 Å². The van der Waals surface area contributed by atoms with E-state index in [4.69, 9.17) is 4.74 Å². The highest BCUT2D eigenvalue weighted by Crippen LogP contribution is 2.65. The molecule has 2 bridgehead atoms. The number of ether oxygens (including phenoxy) is 1. The third-order valence-corrected chi connectivity index (χ3v) is 7.83. The van der Waals surface area contributed by atoms with Gasteiger partial charge in [0.25, 0.3) is 0 Å². The Hall–Kier alpha value is -1.41. The van der Waals surface area contributed by atoms with E-state index >= 15 is 0 Å². The number of carbonyl (C=O) groups excluding carboxylic acids is 1. The summed E-state index contributed by atoms with van der Waals surface area (Å²) >= 11 is 0.